The van der Waals surface area contributed by atoms with Crippen molar-refractivity contribution in [2.24, 2.45) is 5.92 Å². The van der Waals surface area contributed by atoms with Crippen LogP contribution in [0.4, 0.5) is 5.69 Å². The van der Waals surface area contributed by atoms with Gasteiger partial charge in [0, 0.05) is 50.2 Å². The summed E-state index contributed by atoms with van der Waals surface area (Å²) in [6, 6.07) is 8.47. The molecule has 5 heteroatoms. The number of carbonyl (C=O) groups excluding carboxylic acids is 1. The Hall–Kier alpha value is -2.30. The molecule has 3 heterocycles. The number of likely N-dealkylation sites (tertiary alicyclic amines) is 1. The molecule has 0 spiro atoms. The van der Waals surface area contributed by atoms with Crippen LogP contribution in [0, 0.1) is 5.92 Å². The highest BCUT2D eigenvalue weighted by molar-refractivity contribution is 5.82. The van der Waals surface area contributed by atoms with Gasteiger partial charge in [0.2, 0.25) is 5.91 Å². The molecule has 1 aliphatic carbocycles. The minimum absolute atomic E-state index is 0.261. The molecule has 142 valence electrons. The minimum atomic E-state index is 0.261. The van der Waals surface area contributed by atoms with Crippen molar-refractivity contribution in [1.29, 1.82) is 0 Å². The molecule has 1 unspecified atom stereocenters. The van der Waals surface area contributed by atoms with Crippen molar-refractivity contribution in [2.75, 3.05) is 31.1 Å². The van der Waals surface area contributed by atoms with E-state index in [1.165, 1.54) is 29.9 Å². The minimum Gasteiger partial charge on any atom is -0.362 e. The third-order valence-electron chi connectivity index (χ3n) is 6.35. The van der Waals surface area contributed by atoms with Gasteiger partial charge in [0.15, 0.2) is 0 Å². The normalized spacial score (nSPS) is 22.1. The van der Waals surface area contributed by atoms with Crippen molar-refractivity contribution >= 4 is 11.6 Å². The van der Waals surface area contributed by atoms with E-state index < -0.39 is 0 Å². The number of imidazole rings is 1. The Kier molecular flexibility index (Phi) is 4.38. The molecule has 2 aliphatic heterocycles. The van der Waals surface area contributed by atoms with Gasteiger partial charge in [0.1, 0.15) is 5.82 Å². The largest absolute Gasteiger partial charge is 0.362 e. The zero-order valence-electron chi connectivity index (χ0n) is 15.9. The Morgan fingerprint density at radius 2 is 2.04 bits per heavy atom. The first kappa shape index (κ1) is 16.8. The lowest BCUT2D eigenvalue weighted by molar-refractivity contribution is -0.130. The van der Waals surface area contributed by atoms with Crippen LogP contribution in [-0.4, -0.2) is 46.5 Å². The summed E-state index contributed by atoms with van der Waals surface area (Å²) in [5, 5.41) is 0. The molecule has 0 bridgehead atoms. The molecule has 5 rings (SSSR count). The van der Waals surface area contributed by atoms with E-state index in [1.807, 2.05) is 6.20 Å². The van der Waals surface area contributed by atoms with Crippen molar-refractivity contribution in [1.82, 2.24) is 14.5 Å². The molecule has 1 saturated carbocycles. The molecule has 27 heavy (non-hydrogen) atoms. The average molecular weight is 364 g/mol. The van der Waals surface area contributed by atoms with Crippen molar-refractivity contribution in [3.05, 3.63) is 48.0 Å². The van der Waals surface area contributed by atoms with E-state index in [2.05, 4.69) is 49.8 Å². The highest BCUT2D eigenvalue weighted by atomic mass is 16.2. The first-order valence-corrected chi connectivity index (χ1v) is 10.4. The molecular formula is C22H28N4O. The van der Waals surface area contributed by atoms with Crippen LogP contribution in [0.3, 0.4) is 0 Å². The molecule has 3 aliphatic rings. The first-order chi connectivity index (χ1) is 13.3. The predicted molar refractivity (Wildman–Crippen MR) is 106 cm³/mol. The van der Waals surface area contributed by atoms with Gasteiger partial charge in [-0.25, -0.2) is 4.98 Å². The third kappa shape index (κ3) is 3.47. The lowest BCUT2D eigenvalue weighted by Crippen LogP contribution is -2.44. The number of amides is 1. The maximum atomic E-state index is 13.0. The third-order valence-corrected chi connectivity index (χ3v) is 6.35. The Morgan fingerprint density at radius 1 is 1.15 bits per heavy atom. The van der Waals surface area contributed by atoms with Crippen molar-refractivity contribution in [3.8, 4) is 0 Å². The highest BCUT2D eigenvalue weighted by Crippen LogP contribution is 2.33. The van der Waals surface area contributed by atoms with Gasteiger partial charge < -0.3 is 14.4 Å². The zero-order valence-corrected chi connectivity index (χ0v) is 15.9. The average Bonchev–Trinajstić information content (AvgIpc) is 3.24. The number of benzene rings is 1. The molecule has 1 aromatic carbocycles. The summed E-state index contributed by atoms with van der Waals surface area (Å²) in [7, 11) is 0. The molecule has 2 aromatic rings. The molecule has 0 N–H and O–H groups in total. The van der Waals surface area contributed by atoms with Gasteiger partial charge >= 0.3 is 0 Å². The summed E-state index contributed by atoms with van der Waals surface area (Å²) in [4.78, 5) is 22.0. The Labute approximate surface area is 161 Å². The fraction of sp³-hybridized carbons (Fsp3) is 0.545. The van der Waals surface area contributed by atoms with Crippen LogP contribution in [0.15, 0.2) is 36.7 Å². The number of anilines is 1. The SMILES string of the molecule is O=C(CN1CCc2ccccc21)N1CCCC(c2nccn2CC2CC2)C1. The van der Waals surface area contributed by atoms with Crippen LogP contribution in [0.25, 0.3) is 0 Å². The molecule has 1 aromatic heterocycles. The van der Waals surface area contributed by atoms with Crippen LogP contribution in [0.2, 0.25) is 0 Å². The molecule has 0 radical (unpaired) electrons. The van der Waals surface area contributed by atoms with Crippen LogP contribution in [0.5, 0.6) is 0 Å². The van der Waals surface area contributed by atoms with Gasteiger partial charge in [-0.1, -0.05) is 18.2 Å². The van der Waals surface area contributed by atoms with E-state index in [-0.39, 0.29) is 5.91 Å². The van der Waals surface area contributed by atoms with E-state index in [0.717, 1.165) is 51.4 Å². The van der Waals surface area contributed by atoms with Crippen LogP contribution >= 0.6 is 0 Å². The molecule has 1 saturated heterocycles. The summed E-state index contributed by atoms with van der Waals surface area (Å²) >= 11 is 0. The molecule has 5 nitrogen and oxygen atoms in total. The summed E-state index contributed by atoms with van der Waals surface area (Å²) < 4.78 is 2.34. The lowest BCUT2D eigenvalue weighted by Gasteiger charge is -2.34. The molecule has 1 amide bonds. The fourth-order valence-electron chi connectivity index (χ4n) is 4.66. The quantitative estimate of drug-likeness (QED) is 0.819. The van der Waals surface area contributed by atoms with Crippen molar-refractivity contribution in [3.63, 3.8) is 0 Å². The second-order valence-corrected chi connectivity index (χ2v) is 8.36. The smallest absolute Gasteiger partial charge is 0.242 e. The lowest BCUT2D eigenvalue weighted by atomic mass is 9.97. The topological polar surface area (TPSA) is 41.4 Å². The van der Waals surface area contributed by atoms with E-state index >= 15 is 0 Å². The van der Waals surface area contributed by atoms with E-state index in [4.69, 9.17) is 0 Å². The number of nitrogens with zero attached hydrogens (tertiary/aromatic N) is 4. The Bertz CT molecular complexity index is 825. The number of hydrogen-bond donors (Lipinski definition) is 0. The number of hydrogen-bond acceptors (Lipinski definition) is 3. The number of rotatable bonds is 5. The van der Waals surface area contributed by atoms with E-state index in [9.17, 15) is 4.79 Å². The zero-order chi connectivity index (χ0) is 18.2. The van der Waals surface area contributed by atoms with Gasteiger partial charge in [-0.05, 0) is 49.7 Å². The van der Waals surface area contributed by atoms with Crippen LogP contribution in [-0.2, 0) is 17.8 Å². The van der Waals surface area contributed by atoms with E-state index in [0.29, 0.717) is 12.5 Å². The second kappa shape index (κ2) is 7.02. The Morgan fingerprint density at radius 3 is 2.93 bits per heavy atom. The Balaban J connectivity index is 1.25. The summed E-state index contributed by atoms with van der Waals surface area (Å²) in [6.45, 7) is 4.25. The monoisotopic (exact) mass is 364 g/mol. The molecular weight excluding hydrogens is 336 g/mol. The van der Waals surface area contributed by atoms with Gasteiger partial charge in [0.05, 0.1) is 6.54 Å². The number of fused-ring (bicyclic) bond motifs is 1. The summed E-state index contributed by atoms with van der Waals surface area (Å²) in [6.07, 6.45) is 10.0. The summed E-state index contributed by atoms with van der Waals surface area (Å²) in [5.74, 6) is 2.67. The van der Waals surface area contributed by atoms with Crippen LogP contribution < -0.4 is 4.90 Å². The fourth-order valence-corrected chi connectivity index (χ4v) is 4.66. The molecule has 2 fully saturated rings. The number of piperidine rings is 1. The van der Waals surface area contributed by atoms with E-state index in [1.54, 1.807) is 0 Å². The van der Waals surface area contributed by atoms with Crippen molar-refractivity contribution < 1.29 is 4.79 Å². The second-order valence-electron chi connectivity index (χ2n) is 8.36. The maximum absolute atomic E-state index is 13.0. The van der Waals surface area contributed by atoms with Crippen LogP contribution in [0.1, 0.15) is 43.0 Å². The van der Waals surface area contributed by atoms with Gasteiger partial charge in [0.25, 0.3) is 0 Å². The maximum Gasteiger partial charge on any atom is 0.242 e. The predicted octanol–water partition coefficient (Wildman–Crippen LogP) is 3.06. The van der Waals surface area contributed by atoms with Crippen molar-refractivity contribution in [2.45, 2.75) is 44.6 Å². The standard InChI is InChI=1S/C22H28N4O/c27-21(16-24-12-9-18-4-1-2-6-20(18)24)25-11-3-5-19(15-25)22-23-10-13-26(22)14-17-7-8-17/h1-2,4,6,10,13,17,19H,3,5,7-9,11-12,14-16H2. The molecule has 1 atom stereocenters. The van der Waals surface area contributed by atoms with Gasteiger partial charge in [-0.2, -0.15) is 0 Å². The van der Waals surface area contributed by atoms with Gasteiger partial charge in [-0.15, -0.1) is 0 Å². The summed E-state index contributed by atoms with van der Waals surface area (Å²) in [5.41, 5.74) is 2.60. The number of carbonyl (C=O) groups is 1. The highest BCUT2D eigenvalue weighted by Gasteiger charge is 2.30. The van der Waals surface area contributed by atoms with Gasteiger partial charge in [-0.3, -0.25) is 4.79 Å². The number of aromatic nitrogens is 2. The first-order valence-electron chi connectivity index (χ1n) is 10.4. The number of para-hydroxylation sites is 1.